The molecule has 0 saturated heterocycles. The molecule has 0 radical (unpaired) electrons. The highest BCUT2D eigenvalue weighted by molar-refractivity contribution is 5.19. The number of hydrogen-bond donors (Lipinski definition) is 1. The predicted molar refractivity (Wildman–Crippen MR) is 82.2 cm³/mol. The Morgan fingerprint density at radius 1 is 1.00 bits per heavy atom. The number of ether oxygens (including phenoxy) is 1. The Balaban J connectivity index is 2.28. The van der Waals surface area contributed by atoms with Crippen molar-refractivity contribution in [2.24, 2.45) is 5.73 Å². The van der Waals surface area contributed by atoms with Crippen molar-refractivity contribution in [1.82, 2.24) is 0 Å². The Labute approximate surface area is 118 Å². The van der Waals surface area contributed by atoms with Crippen molar-refractivity contribution >= 4 is 0 Å². The fourth-order valence-electron chi connectivity index (χ4n) is 2.51. The van der Waals surface area contributed by atoms with Crippen LogP contribution in [0.2, 0.25) is 0 Å². The van der Waals surface area contributed by atoms with Crippen molar-refractivity contribution in [2.45, 2.75) is 64.0 Å². The Bertz CT molecular complexity index is 312. The lowest BCUT2D eigenvalue weighted by atomic mass is 9.97. The zero-order valence-electron chi connectivity index (χ0n) is 12.5. The molecule has 0 aliphatic rings. The van der Waals surface area contributed by atoms with Gasteiger partial charge >= 0.3 is 0 Å². The van der Waals surface area contributed by atoms with Gasteiger partial charge in [0.2, 0.25) is 0 Å². The topological polar surface area (TPSA) is 35.2 Å². The third kappa shape index (κ3) is 6.22. The van der Waals surface area contributed by atoms with Crippen molar-refractivity contribution in [3.63, 3.8) is 0 Å². The molecule has 1 rings (SSSR count). The second kappa shape index (κ2) is 9.99. The van der Waals surface area contributed by atoms with Gasteiger partial charge in [-0.25, -0.2) is 0 Å². The van der Waals surface area contributed by atoms with Crippen LogP contribution in [0, 0.1) is 0 Å². The van der Waals surface area contributed by atoms with E-state index in [1.165, 1.54) is 44.1 Å². The van der Waals surface area contributed by atoms with Gasteiger partial charge in [0, 0.05) is 13.2 Å². The van der Waals surface area contributed by atoms with Gasteiger partial charge in [0.15, 0.2) is 0 Å². The van der Waals surface area contributed by atoms with Gasteiger partial charge in [-0.2, -0.15) is 0 Å². The molecule has 2 unspecified atom stereocenters. The fourth-order valence-corrected chi connectivity index (χ4v) is 2.51. The number of nitrogens with two attached hydrogens (primary N) is 1. The Hall–Kier alpha value is -0.860. The van der Waals surface area contributed by atoms with E-state index in [9.17, 15) is 0 Å². The second-order valence-corrected chi connectivity index (χ2v) is 5.29. The van der Waals surface area contributed by atoms with Gasteiger partial charge in [-0.15, -0.1) is 0 Å². The molecule has 0 aliphatic carbocycles. The molecule has 0 fully saturated rings. The summed E-state index contributed by atoms with van der Waals surface area (Å²) in [6.07, 6.45) is 8.92. The number of hydrogen-bond acceptors (Lipinski definition) is 2. The summed E-state index contributed by atoms with van der Waals surface area (Å²) in [7, 11) is 1.75. The van der Waals surface area contributed by atoms with Gasteiger partial charge in [-0.05, 0) is 12.0 Å². The van der Waals surface area contributed by atoms with E-state index in [0.29, 0.717) is 0 Å². The molecule has 108 valence electrons. The minimum Gasteiger partial charge on any atom is -0.375 e. The van der Waals surface area contributed by atoms with E-state index in [0.717, 1.165) is 6.42 Å². The van der Waals surface area contributed by atoms with Crippen LogP contribution in [-0.4, -0.2) is 13.2 Å². The lowest BCUT2D eigenvalue weighted by Crippen LogP contribution is -2.29. The average Bonchev–Trinajstić information content (AvgIpc) is 2.45. The van der Waals surface area contributed by atoms with Crippen LogP contribution in [0.4, 0.5) is 0 Å². The average molecular weight is 263 g/mol. The standard InChI is InChI=1S/C17H29NO/c1-3-4-5-6-7-11-14-16(18)17(19-2)15-12-9-8-10-13-15/h8-10,12-13,16-17H,3-7,11,14,18H2,1-2H3. The molecule has 2 atom stereocenters. The summed E-state index contributed by atoms with van der Waals surface area (Å²) in [4.78, 5) is 0. The Kier molecular flexibility index (Phi) is 8.52. The molecular weight excluding hydrogens is 234 g/mol. The first-order valence-corrected chi connectivity index (χ1v) is 7.63. The van der Waals surface area contributed by atoms with E-state index in [1.807, 2.05) is 18.2 Å². The van der Waals surface area contributed by atoms with Crippen molar-refractivity contribution in [1.29, 1.82) is 0 Å². The third-order valence-corrected chi connectivity index (χ3v) is 3.66. The van der Waals surface area contributed by atoms with Crippen LogP contribution in [-0.2, 0) is 4.74 Å². The zero-order chi connectivity index (χ0) is 13.9. The lowest BCUT2D eigenvalue weighted by Gasteiger charge is -2.23. The zero-order valence-corrected chi connectivity index (χ0v) is 12.5. The van der Waals surface area contributed by atoms with E-state index >= 15 is 0 Å². The monoisotopic (exact) mass is 263 g/mol. The van der Waals surface area contributed by atoms with E-state index in [-0.39, 0.29) is 12.1 Å². The lowest BCUT2D eigenvalue weighted by molar-refractivity contribution is 0.0768. The summed E-state index contributed by atoms with van der Waals surface area (Å²) in [6, 6.07) is 10.4. The second-order valence-electron chi connectivity index (χ2n) is 5.29. The largest absolute Gasteiger partial charge is 0.375 e. The normalized spacial score (nSPS) is 14.3. The molecule has 0 spiro atoms. The Morgan fingerprint density at radius 2 is 1.63 bits per heavy atom. The molecule has 0 amide bonds. The Morgan fingerprint density at radius 3 is 2.26 bits per heavy atom. The maximum Gasteiger partial charge on any atom is 0.0971 e. The van der Waals surface area contributed by atoms with Crippen LogP contribution in [0.15, 0.2) is 30.3 Å². The highest BCUT2D eigenvalue weighted by atomic mass is 16.5. The molecule has 1 aromatic carbocycles. The maximum absolute atomic E-state index is 6.28. The summed E-state index contributed by atoms with van der Waals surface area (Å²) in [5.41, 5.74) is 7.46. The number of benzene rings is 1. The summed E-state index contributed by atoms with van der Waals surface area (Å²) in [5, 5.41) is 0. The molecule has 1 aromatic rings. The first kappa shape index (κ1) is 16.2. The molecule has 19 heavy (non-hydrogen) atoms. The van der Waals surface area contributed by atoms with Crippen LogP contribution in [0.25, 0.3) is 0 Å². The predicted octanol–water partition coefficient (Wildman–Crippen LogP) is 4.45. The van der Waals surface area contributed by atoms with Crippen molar-refractivity contribution < 1.29 is 4.74 Å². The van der Waals surface area contributed by atoms with Crippen LogP contribution >= 0.6 is 0 Å². The fraction of sp³-hybridized carbons (Fsp3) is 0.647. The highest BCUT2D eigenvalue weighted by Gasteiger charge is 2.18. The molecule has 0 aliphatic heterocycles. The summed E-state index contributed by atoms with van der Waals surface area (Å²) < 4.78 is 5.57. The SMILES string of the molecule is CCCCCCCCC(N)C(OC)c1ccccc1. The molecule has 2 nitrogen and oxygen atoms in total. The first-order valence-electron chi connectivity index (χ1n) is 7.63. The molecule has 0 bridgehead atoms. The van der Waals surface area contributed by atoms with Gasteiger partial charge in [0.1, 0.15) is 0 Å². The minimum atomic E-state index is 0.0249. The van der Waals surface area contributed by atoms with Crippen LogP contribution in [0.5, 0.6) is 0 Å². The summed E-state index contributed by atoms with van der Waals surface area (Å²) in [5.74, 6) is 0. The summed E-state index contributed by atoms with van der Waals surface area (Å²) >= 11 is 0. The van der Waals surface area contributed by atoms with Gasteiger partial charge < -0.3 is 10.5 Å². The van der Waals surface area contributed by atoms with Crippen LogP contribution < -0.4 is 5.73 Å². The number of rotatable bonds is 10. The van der Waals surface area contributed by atoms with Crippen molar-refractivity contribution in [2.75, 3.05) is 7.11 Å². The number of methoxy groups -OCH3 is 1. The molecule has 2 heteroatoms. The van der Waals surface area contributed by atoms with Crippen LogP contribution in [0.3, 0.4) is 0 Å². The molecule has 2 N–H and O–H groups in total. The molecular formula is C17H29NO. The maximum atomic E-state index is 6.28. The van der Waals surface area contributed by atoms with Gasteiger partial charge in [0.05, 0.1) is 6.10 Å². The van der Waals surface area contributed by atoms with Crippen molar-refractivity contribution in [3.8, 4) is 0 Å². The molecule has 0 aromatic heterocycles. The minimum absolute atomic E-state index is 0.0249. The van der Waals surface area contributed by atoms with Crippen molar-refractivity contribution in [3.05, 3.63) is 35.9 Å². The van der Waals surface area contributed by atoms with E-state index in [2.05, 4.69) is 19.1 Å². The van der Waals surface area contributed by atoms with Gasteiger partial charge in [-0.1, -0.05) is 75.8 Å². The van der Waals surface area contributed by atoms with Gasteiger partial charge in [-0.3, -0.25) is 0 Å². The van der Waals surface area contributed by atoms with E-state index in [1.54, 1.807) is 7.11 Å². The highest BCUT2D eigenvalue weighted by Crippen LogP contribution is 2.22. The molecule has 0 heterocycles. The van der Waals surface area contributed by atoms with E-state index in [4.69, 9.17) is 10.5 Å². The summed E-state index contributed by atoms with van der Waals surface area (Å²) in [6.45, 7) is 2.25. The number of unbranched alkanes of at least 4 members (excludes halogenated alkanes) is 5. The van der Waals surface area contributed by atoms with Crippen LogP contribution in [0.1, 0.15) is 63.5 Å². The quantitative estimate of drug-likeness (QED) is 0.633. The third-order valence-electron chi connectivity index (χ3n) is 3.66. The molecule has 0 saturated carbocycles. The smallest absolute Gasteiger partial charge is 0.0971 e. The van der Waals surface area contributed by atoms with Gasteiger partial charge in [0.25, 0.3) is 0 Å². The van der Waals surface area contributed by atoms with E-state index < -0.39 is 0 Å². The first-order chi connectivity index (χ1) is 9.29.